The highest BCUT2D eigenvalue weighted by molar-refractivity contribution is 7.89. The Morgan fingerprint density at radius 1 is 1.39 bits per heavy atom. The summed E-state index contributed by atoms with van der Waals surface area (Å²) < 4.78 is 33.0. The van der Waals surface area contributed by atoms with Gasteiger partial charge in [0.05, 0.1) is 11.0 Å². The van der Waals surface area contributed by atoms with E-state index < -0.39 is 10.0 Å². The van der Waals surface area contributed by atoms with Gasteiger partial charge in [-0.3, -0.25) is 0 Å². The van der Waals surface area contributed by atoms with Crippen molar-refractivity contribution in [3.8, 4) is 5.75 Å². The summed E-state index contributed by atoms with van der Waals surface area (Å²) >= 11 is 0. The molecule has 0 aliphatic rings. The van der Waals surface area contributed by atoms with Crippen molar-refractivity contribution in [2.75, 3.05) is 13.7 Å². The molecule has 0 bridgehead atoms. The van der Waals surface area contributed by atoms with Crippen molar-refractivity contribution in [3.63, 3.8) is 0 Å². The van der Waals surface area contributed by atoms with E-state index in [1.165, 1.54) is 12.1 Å². The maximum Gasteiger partial charge on any atom is 0.238 e. The molecule has 0 saturated heterocycles. The van der Waals surface area contributed by atoms with Crippen LogP contribution in [0.1, 0.15) is 18.9 Å². The second-order valence-corrected chi connectivity index (χ2v) is 5.74. The standard InChI is InChI=1S/C12H19NO4S/c1-9-8-11(18(13,14)15)4-5-12(9)17-10(2)6-7-16-3/h4-5,8,10H,6-7H2,1-3H3,(H2,13,14,15). The van der Waals surface area contributed by atoms with E-state index in [4.69, 9.17) is 14.6 Å². The SMILES string of the molecule is COCCC(C)Oc1ccc(S(N)(=O)=O)cc1C. The van der Waals surface area contributed by atoms with Crippen molar-refractivity contribution in [1.82, 2.24) is 0 Å². The van der Waals surface area contributed by atoms with Gasteiger partial charge in [-0.1, -0.05) is 0 Å². The second kappa shape index (κ2) is 6.17. The van der Waals surface area contributed by atoms with Crippen LogP contribution in [0.2, 0.25) is 0 Å². The molecule has 5 nitrogen and oxygen atoms in total. The van der Waals surface area contributed by atoms with E-state index in [9.17, 15) is 8.42 Å². The number of primary sulfonamides is 1. The zero-order chi connectivity index (χ0) is 13.8. The fourth-order valence-corrected chi connectivity index (χ4v) is 2.09. The van der Waals surface area contributed by atoms with Crippen molar-refractivity contribution in [1.29, 1.82) is 0 Å². The summed E-state index contributed by atoms with van der Waals surface area (Å²) in [6, 6.07) is 4.58. The predicted molar refractivity (Wildman–Crippen MR) is 69.1 cm³/mol. The normalized spacial score (nSPS) is 13.3. The van der Waals surface area contributed by atoms with Crippen LogP contribution in [-0.2, 0) is 14.8 Å². The van der Waals surface area contributed by atoms with Gasteiger partial charge in [-0.15, -0.1) is 0 Å². The Kier molecular flexibility index (Phi) is 5.13. The van der Waals surface area contributed by atoms with Crippen LogP contribution in [-0.4, -0.2) is 28.2 Å². The molecule has 0 fully saturated rings. The smallest absolute Gasteiger partial charge is 0.238 e. The van der Waals surface area contributed by atoms with E-state index in [0.29, 0.717) is 12.4 Å². The molecule has 0 saturated carbocycles. The Morgan fingerprint density at radius 3 is 2.56 bits per heavy atom. The number of methoxy groups -OCH3 is 1. The minimum absolute atomic E-state index is 0.00369. The summed E-state index contributed by atoms with van der Waals surface area (Å²) in [7, 11) is -2.02. The monoisotopic (exact) mass is 273 g/mol. The van der Waals surface area contributed by atoms with Gasteiger partial charge in [0.25, 0.3) is 0 Å². The number of benzene rings is 1. The van der Waals surface area contributed by atoms with Gasteiger partial charge < -0.3 is 9.47 Å². The lowest BCUT2D eigenvalue weighted by atomic mass is 10.2. The van der Waals surface area contributed by atoms with E-state index >= 15 is 0 Å². The quantitative estimate of drug-likeness (QED) is 0.850. The first kappa shape index (κ1) is 14.9. The van der Waals surface area contributed by atoms with Crippen LogP contribution in [0.5, 0.6) is 5.75 Å². The van der Waals surface area contributed by atoms with Crippen LogP contribution in [0.3, 0.4) is 0 Å². The molecule has 0 aliphatic heterocycles. The number of hydrogen-bond donors (Lipinski definition) is 1. The molecule has 1 rings (SSSR count). The van der Waals surface area contributed by atoms with E-state index in [2.05, 4.69) is 0 Å². The third-order valence-corrected chi connectivity index (χ3v) is 3.44. The summed E-state index contributed by atoms with van der Waals surface area (Å²) in [6.07, 6.45) is 0.774. The highest BCUT2D eigenvalue weighted by Crippen LogP contribution is 2.22. The van der Waals surface area contributed by atoms with Gasteiger partial charge in [0.1, 0.15) is 5.75 Å². The van der Waals surface area contributed by atoms with Gasteiger partial charge in [0, 0.05) is 20.1 Å². The van der Waals surface area contributed by atoms with Crippen LogP contribution in [0.25, 0.3) is 0 Å². The molecule has 1 unspecified atom stereocenters. The second-order valence-electron chi connectivity index (χ2n) is 4.18. The molecule has 1 aromatic rings. The fraction of sp³-hybridized carbons (Fsp3) is 0.500. The molecular weight excluding hydrogens is 254 g/mol. The largest absolute Gasteiger partial charge is 0.490 e. The minimum atomic E-state index is -3.66. The number of sulfonamides is 1. The average Bonchev–Trinajstić information content (AvgIpc) is 2.27. The molecule has 0 amide bonds. The molecule has 6 heteroatoms. The Morgan fingerprint density at radius 2 is 2.06 bits per heavy atom. The molecule has 0 aromatic heterocycles. The Balaban J connectivity index is 2.80. The lowest BCUT2D eigenvalue weighted by Crippen LogP contribution is -2.16. The summed E-state index contributed by atoms with van der Waals surface area (Å²) in [5.41, 5.74) is 0.741. The van der Waals surface area contributed by atoms with Gasteiger partial charge in [-0.05, 0) is 37.6 Å². The fourth-order valence-electron chi connectivity index (χ4n) is 1.49. The molecule has 0 spiro atoms. The maximum atomic E-state index is 11.2. The van der Waals surface area contributed by atoms with Crippen LogP contribution >= 0.6 is 0 Å². The zero-order valence-corrected chi connectivity index (χ0v) is 11.7. The Bertz CT molecular complexity index is 499. The van der Waals surface area contributed by atoms with E-state index in [1.54, 1.807) is 20.1 Å². The number of ether oxygens (including phenoxy) is 2. The molecular formula is C12H19NO4S. The van der Waals surface area contributed by atoms with Crippen molar-refractivity contribution >= 4 is 10.0 Å². The van der Waals surface area contributed by atoms with Crippen LogP contribution < -0.4 is 9.88 Å². The van der Waals surface area contributed by atoms with Crippen molar-refractivity contribution in [2.24, 2.45) is 5.14 Å². The summed E-state index contributed by atoms with van der Waals surface area (Å²) in [6.45, 7) is 4.34. The molecule has 102 valence electrons. The zero-order valence-electron chi connectivity index (χ0n) is 10.8. The van der Waals surface area contributed by atoms with Gasteiger partial charge in [0.2, 0.25) is 10.0 Å². The van der Waals surface area contributed by atoms with Crippen LogP contribution in [0.4, 0.5) is 0 Å². The molecule has 0 radical (unpaired) electrons. The summed E-state index contributed by atoms with van der Waals surface area (Å²) in [5.74, 6) is 0.658. The lowest BCUT2D eigenvalue weighted by Gasteiger charge is -2.16. The first-order valence-corrected chi connectivity index (χ1v) is 7.18. The summed E-state index contributed by atoms with van der Waals surface area (Å²) in [4.78, 5) is 0.0943. The predicted octanol–water partition coefficient (Wildman–Crippen LogP) is 1.45. The number of hydrogen-bond acceptors (Lipinski definition) is 4. The molecule has 0 aliphatic carbocycles. The molecule has 1 atom stereocenters. The average molecular weight is 273 g/mol. The molecule has 18 heavy (non-hydrogen) atoms. The lowest BCUT2D eigenvalue weighted by molar-refractivity contribution is 0.134. The first-order chi connectivity index (χ1) is 8.34. The maximum absolute atomic E-state index is 11.2. The van der Waals surface area contributed by atoms with Crippen molar-refractivity contribution < 1.29 is 17.9 Å². The van der Waals surface area contributed by atoms with Gasteiger partial charge >= 0.3 is 0 Å². The highest BCUT2D eigenvalue weighted by Gasteiger charge is 2.11. The van der Waals surface area contributed by atoms with Gasteiger partial charge in [0.15, 0.2) is 0 Å². The van der Waals surface area contributed by atoms with Gasteiger partial charge in [-0.25, -0.2) is 13.6 Å². The molecule has 1 aromatic carbocycles. The Hall–Kier alpha value is -1.11. The third kappa shape index (κ3) is 4.29. The Labute approximate surface area is 108 Å². The van der Waals surface area contributed by atoms with Crippen LogP contribution in [0, 0.1) is 6.92 Å². The van der Waals surface area contributed by atoms with Crippen molar-refractivity contribution in [2.45, 2.75) is 31.3 Å². The topological polar surface area (TPSA) is 78.6 Å². The van der Waals surface area contributed by atoms with Crippen LogP contribution in [0.15, 0.2) is 23.1 Å². The number of aryl methyl sites for hydroxylation is 1. The number of nitrogens with two attached hydrogens (primary N) is 1. The first-order valence-electron chi connectivity index (χ1n) is 5.63. The third-order valence-electron chi connectivity index (χ3n) is 2.53. The number of rotatable bonds is 6. The van der Waals surface area contributed by atoms with Gasteiger partial charge in [-0.2, -0.15) is 0 Å². The van der Waals surface area contributed by atoms with E-state index in [0.717, 1.165) is 12.0 Å². The molecule has 2 N–H and O–H groups in total. The highest BCUT2D eigenvalue weighted by atomic mass is 32.2. The minimum Gasteiger partial charge on any atom is -0.490 e. The van der Waals surface area contributed by atoms with E-state index in [1.807, 2.05) is 6.92 Å². The summed E-state index contributed by atoms with van der Waals surface area (Å²) in [5, 5.41) is 5.06. The van der Waals surface area contributed by atoms with Crippen molar-refractivity contribution in [3.05, 3.63) is 23.8 Å². The van der Waals surface area contributed by atoms with E-state index in [-0.39, 0.29) is 11.0 Å². The molecule has 0 heterocycles.